The van der Waals surface area contributed by atoms with Crippen LogP contribution in [-0.2, 0) is 7.05 Å². The maximum Gasteiger partial charge on any atom is 0.191 e. The van der Waals surface area contributed by atoms with E-state index < -0.39 is 0 Å². The first kappa shape index (κ1) is 19.2. The average molecular weight is 370 g/mol. The van der Waals surface area contributed by atoms with Crippen LogP contribution in [0.2, 0.25) is 0 Å². The minimum absolute atomic E-state index is 0.238. The normalized spacial score (nSPS) is 18.8. The van der Waals surface area contributed by atoms with Crippen LogP contribution in [0.4, 0.5) is 5.69 Å². The summed E-state index contributed by atoms with van der Waals surface area (Å²) in [5.41, 5.74) is 2.48. The number of para-hydroxylation sites is 1. The number of hydrogen-bond acceptors (Lipinski definition) is 4. The molecule has 0 bridgehead atoms. The molecule has 1 aliphatic heterocycles. The molecule has 1 aromatic carbocycles. The van der Waals surface area contributed by atoms with Gasteiger partial charge in [0.05, 0.1) is 12.2 Å². The number of benzene rings is 1. The van der Waals surface area contributed by atoms with Crippen molar-refractivity contribution >= 4 is 11.6 Å². The van der Waals surface area contributed by atoms with E-state index in [2.05, 4.69) is 81.1 Å². The molecule has 2 unspecified atom stereocenters. The molecule has 0 amide bonds. The lowest BCUT2D eigenvalue weighted by Crippen LogP contribution is -2.46. The summed E-state index contributed by atoms with van der Waals surface area (Å²) >= 11 is 0. The van der Waals surface area contributed by atoms with E-state index in [1.165, 1.54) is 11.3 Å². The van der Waals surface area contributed by atoms with Crippen molar-refractivity contribution in [2.75, 3.05) is 45.7 Å². The Balaban J connectivity index is 1.53. The van der Waals surface area contributed by atoms with Crippen molar-refractivity contribution in [3.63, 3.8) is 0 Å². The van der Waals surface area contributed by atoms with Gasteiger partial charge in [-0.2, -0.15) is 5.10 Å². The van der Waals surface area contributed by atoms with Crippen LogP contribution >= 0.6 is 0 Å². The van der Waals surface area contributed by atoms with Crippen LogP contribution in [0, 0.1) is 0 Å². The Morgan fingerprint density at radius 3 is 2.74 bits per heavy atom. The third-order valence-electron chi connectivity index (χ3n) is 5.07. The Bertz CT molecular complexity index is 738. The summed E-state index contributed by atoms with van der Waals surface area (Å²) in [6.07, 6.45) is 5.10. The lowest BCUT2D eigenvalue weighted by molar-refractivity contribution is 0.298. The van der Waals surface area contributed by atoms with Crippen molar-refractivity contribution in [3.8, 4) is 0 Å². The molecule has 0 spiro atoms. The number of aromatic nitrogens is 2. The summed E-state index contributed by atoms with van der Waals surface area (Å²) in [6, 6.07) is 11.2. The van der Waals surface area contributed by atoms with E-state index in [4.69, 9.17) is 0 Å². The molecule has 0 radical (unpaired) electrons. The zero-order chi connectivity index (χ0) is 19.2. The fourth-order valence-corrected chi connectivity index (χ4v) is 3.54. The molecular formula is C20H31N7. The smallest absolute Gasteiger partial charge is 0.191 e. The van der Waals surface area contributed by atoms with Gasteiger partial charge in [0.1, 0.15) is 0 Å². The highest BCUT2D eigenvalue weighted by atomic mass is 15.3. The first-order valence-corrected chi connectivity index (χ1v) is 9.49. The second kappa shape index (κ2) is 8.90. The second-order valence-electron chi connectivity index (χ2n) is 7.29. The largest absolute Gasteiger partial charge is 0.369 e. The molecule has 1 fully saturated rings. The lowest BCUT2D eigenvalue weighted by atomic mass is 10.1. The van der Waals surface area contributed by atoms with Crippen molar-refractivity contribution in [2.45, 2.75) is 18.5 Å². The second-order valence-corrected chi connectivity index (χ2v) is 7.29. The molecule has 146 valence electrons. The van der Waals surface area contributed by atoms with Crippen molar-refractivity contribution < 1.29 is 0 Å². The van der Waals surface area contributed by atoms with E-state index in [1.807, 2.05) is 25.0 Å². The topological polar surface area (TPSA) is 60.7 Å². The molecular weight excluding hydrogens is 338 g/mol. The van der Waals surface area contributed by atoms with Crippen LogP contribution in [0.25, 0.3) is 0 Å². The first-order valence-electron chi connectivity index (χ1n) is 9.49. The zero-order valence-corrected chi connectivity index (χ0v) is 16.8. The molecule has 1 saturated heterocycles. The maximum absolute atomic E-state index is 4.42. The molecule has 7 heteroatoms. The Kier molecular flexibility index (Phi) is 6.34. The Hall–Kier alpha value is -2.54. The van der Waals surface area contributed by atoms with Gasteiger partial charge in [0.25, 0.3) is 0 Å². The molecule has 0 saturated carbocycles. The van der Waals surface area contributed by atoms with Gasteiger partial charge in [-0.25, -0.2) is 0 Å². The van der Waals surface area contributed by atoms with E-state index in [0.717, 1.165) is 32.0 Å². The molecule has 2 aromatic rings. The number of anilines is 1. The Morgan fingerprint density at radius 2 is 2.11 bits per heavy atom. The summed E-state index contributed by atoms with van der Waals surface area (Å²) in [4.78, 5) is 9.03. The number of hydrogen-bond donors (Lipinski definition) is 2. The van der Waals surface area contributed by atoms with Crippen LogP contribution in [0.3, 0.4) is 0 Å². The zero-order valence-electron chi connectivity index (χ0n) is 16.8. The molecule has 2 atom stereocenters. The minimum atomic E-state index is 0.238. The summed E-state index contributed by atoms with van der Waals surface area (Å²) in [5.74, 6) is 0.852. The average Bonchev–Trinajstić information content (AvgIpc) is 3.30. The maximum atomic E-state index is 4.42. The standard InChI is InChI=1S/C20H31N7/c1-21-20(22-13-19(25(2)3)16-12-23-26(4)14-16)24-17-10-11-27(15-17)18-8-6-5-7-9-18/h5-9,12,14,17,19H,10-11,13,15H2,1-4H3,(H2,21,22,24). The fourth-order valence-electron chi connectivity index (χ4n) is 3.54. The van der Waals surface area contributed by atoms with E-state index in [9.17, 15) is 0 Å². The molecule has 27 heavy (non-hydrogen) atoms. The van der Waals surface area contributed by atoms with E-state index in [1.54, 1.807) is 0 Å². The number of nitrogens with zero attached hydrogens (tertiary/aromatic N) is 5. The number of aryl methyl sites for hydroxylation is 1. The van der Waals surface area contributed by atoms with Crippen molar-refractivity contribution in [1.29, 1.82) is 0 Å². The molecule has 2 N–H and O–H groups in total. The quantitative estimate of drug-likeness (QED) is 0.596. The number of guanidine groups is 1. The fraction of sp³-hybridized carbons (Fsp3) is 0.500. The van der Waals surface area contributed by atoms with Crippen LogP contribution in [0.1, 0.15) is 18.0 Å². The van der Waals surface area contributed by atoms with Crippen molar-refractivity contribution in [1.82, 2.24) is 25.3 Å². The van der Waals surface area contributed by atoms with Crippen LogP contribution in [0.15, 0.2) is 47.7 Å². The minimum Gasteiger partial charge on any atom is -0.369 e. The van der Waals surface area contributed by atoms with Crippen LogP contribution in [-0.4, -0.2) is 67.5 Å². The molecule has 0 aliphatic carbocycles. The van der Waals surface area contributed by atoms with Gasteiger partial charge in [0.15, 0.2) is 5.96 Å². The number of aliphatic imine (C=N–C) groups is 1. The van der Waals surface area contributed by atoms with E-state index in [0.29, 0.717) is 6.04 Å². The number of rotatable bonds is 6. The van der Waals surface area contributed by atoms with E-state index in [-0.39, 0.29) is 6.04 Å². The van der Waals surface area contributed by atoms with Gasteiger partial charge in [0.2, 0.25) is 0 Å². The predicted octanol–water partition coefficient (Wildman–Crippen LogP) is 1.47. The number of nitrogens with one attached hydrogen (secondary N) is 2. The molecule has 3 rings (SSSR count). The summed E-state index contributed by atoms with van der Waals surface area (Å²) in [7, 11) is 7.95. The van der Waals surface area contributed by atoms with Crippen LogP contribution < -0.4 is 15.5 Å². The SMILES string of the molecule is CN=C(NCC(c1cnn(C)c1)N(C)C)NC1CCN(c2ccccc2)C1. The highest BCUT2D eigenvalue weighted by molar-refractivity contribution is 5.80. The first-order chi connectivity index (χ1) is 13.1. The Morgan fingerprint density at radius 1 is 1.33 bits per heavy atom. The molecule has 1 aromatic heterocycles. The van der Waals surface area contributed by atoms with Gasteiger partial charge in [-0.05, 0) is 32.6 Å². The summed E-state index contributed by atoms with van der Waals surface area (Å²) < 4.78 is 1.84. The van der Waals surface area contributed by atoms with Gasteiger partial charge in [0, 0.05) is 57.2 Å². The van der Waals surface area contributed by atoms with Gasteiger partial charge in [-0.1, -0.05) is 18.2 Å². The van der Waals surface area contributed by atoms with E-state index >= 15 is 0 Å². The van der Waals surface area contributed by atoms with Gasteiger partial charge in [-0.3, -0.25) is 9.67 Å². The number of likely N-dealkylation sites (N-methyl/N-ethyl adjacent to an activating group) is 1. The molecule has 2 heterocycles. The molecule has 7 nitrogen and oxygen atoms in total. The summed E-state index contributed by atoms with van der Waals surface area (Å²) in [5, 5.41) is 11.4. The monoisotopic (exact) mass is 369 g/mol. The van der Waals surface area contributed by atoms with Crippen LogP contribution in [0.5, 0.6) is 0 Å². The van der Waals surface area contributed by atoms with Crippen molar-refractivity contribution in [3.05, 3.63) is 48.3 Å². The lowest BCUT2D eigenvalue weighted by Gasteiger charge is -2.25. The van der Waals surface area contributed by atoms with Crippen molar-refractivity contribution in [2.24, 2.45) is 12.0 Å². The van der Waals surface area contributed by atoms with Gasteiger partial charge in [-0.15, -0.1) is 0 Å². The highest BCUT2D eigenvalue weighted by Gasteiger charge is 2.24. The predicted molar refractivity (Wildman–Crippen MR) is 111 cm³/mol. The third kappa shape index (κ3) is 5.01. The highest BCUT2D eigenvalue weighted by Crippen LogP contribution is 2.20. The summed E-state index contributed by atoms with van der Waals surface area (Å²) in [6.45, 7) is 2.83. The van der Waals surface area contributed by atoms with Gasteiger partial charge >= 0.3 is 0 Å². The third-order valence-corrected chi connectivity index (χ3v) is 5.07. The Labute approximate surface area is 162 Å². The van der Waals surface area contributed by atoms with Gasteiger partial charge < -0.3 is 20.4 Å². The molecule has 1 aliphatic rings.